The summed E-state index contributed by atoms with van der Waals surface area (Å²) in [7, 11) is 0. The minimum atomic E-state index is 0.189. The van der Waals surface area contributed by atoms with E-state index in [1.54, 1.807) is 11.8 Å². The summed E-state index contributed by atoms with van der Waals surface area (Å²) in [5, 5.41) is 9.77. The molecule has 4 nitrogen and oxygen atoms in total. The van der Waals surface area contributed by atoms with Crippen LogP contribution in [0.1, 0.15) is 25.7 Å². The Kier molecular flexibility index (Phi) is 7.20. The Hall–Kier alpha value is -1.04. The third-order valence-corrected chi connectivity index (χ3v) is 6.46. The van der Waals surface area contributed by atoms with Crippen molar-refractivity contribution in [3.63, 3.8) is 0 Å². The third kappa shape index (κ3) is 5.47. The molecule has 1 aromatic carbocycles. The van der Waals surface area contributed by atoms with Crippen molar-refractivity contribution in [2.45, 2.75) is 30.6 Å². The fraction of sp³-hybridized carbons (Fsp3) is 0.650. The first-order valence-corrected chi connectivity index (χ1v) is 10.5. The largest absolute Gasteiger partial charge is 0.396 e. The van der Waals surface area contributed by atoms with Crippen molar-refractivity contribution in [3.05, 3.63) is 30.3 Å². The number of carbonyl (C=O) groups is 1. The zero-order valence-corrected chi connectivity index (χ0v) is 15.8. The van der Waals surface area contributed by atoms with Crippen LogP contribution in [0.3, 0.4) is 0 Å². The molecule has 0 unspecified atom stereocenters. The number of rotatable bonds is 6. The summed E-state index contributed by atoms with van der Waals surface area (Å²) in [6.45, 7) is 5.08. The molecule has 2 aliphatic heterocycles. The Morgan fingerprint density at radius 1 is 1.04 bits per heavy atom. The molecular formula is C20H30N2O2S. The normalized spacial score (nSPS) is 25.1. The predicted octanol–water partition coefficient (Wildman–Crippen LogP) is 2.72. The molecule has 0 aliphatic carbocycles. The number of likely N-dealkylation sites (tertiary alicyclic amines) is 2. The zero-order valence-electron chi connectivity index (χ0n) is 15.0. The maximum Gasteiger partial charge on any atom is 0.232 e. The maximum atomic E-state index is 12.6. The summed E-state index contributed by atoms with van der Waals surface area (Å²) in [6, 6.07) is 10.1. The molecule has 0 saturated carbocycles. The maximum absolute atomic E-state index is 12.6. The van der Waals surface area contributed by atoms with Gasteiger partial charge in [0.2, 0.25) is 5.91 Å². The molecule has 2 aliphatic rings. The van der Waals surface area contributed by atoms with E-state index < -0.39 is 0 Å². The average molecular weight is 363 g/mol. The quantitative estimate of drug-likeness (QED) is 0.791. The second kappa shape index (κ2) is 9.60. The van der Waals surface area contributed by atoms with Gasteiger partial charge in [-0.2, -0.15) is 0 Å². The van der Waals surface area contributed by atoms with Gasteiger partial charge in [0.25, 0.3) is 0 Å². The van der Waals surface area contributed by atoms with Crippen LogP contribution in [0, 0.1) is 11.8 Å². The topological polar surface area (TPSA) is 43.8 Å². The average Bonchev–Trinajstić information content (AvgIpc) is 2.87. The van der Waals surface area contributed by atoms with Gasteiger partial charge in [0, 0.05) is 37.1 Å². The highest BCUT2D eigenvalue weighted by Gasteiger charge is 2.35. The van der Waals surface area contributed by atoms with Crippen LogP contribution in [0.25, 0.3) is 0 Å². The highest BCUT2D eigenvalue weighted by atomic mass is 32.2. The molecule has 2 atom stereocenters. The molecule has 1 amide bonds. The van der Waals surface area contributed by atoms with Gasteiger partial charge in [-0.25, -0.2) is 0 Å². The van der Waals surface area contributed by atoms with Gasteiger partial charge in [0.15, 0.2) is 0 Å². The second-order valence-corrected chi connectivity index (χ2v) is 8.37. The molecule has 2 fully saturated rings. The van der Waals surface area contributed by atoms with E-state index in [2.05, 4.69) is 4.90 Å². The minimum absolute atomic E-state index is 0.189. The van der Waals surface area contributed by atoms with Gasteiger partial charge < -0.3 is 14.9 Å². The first-order chi connectivity index (χ1) is 12.3. The summed E-state index contributed by atoms with van der Waals surface area (Å²) in [6.07, 6.45) is 5.25. The van der Waals surface area contributed by atoms with Crippen molar-refractivity contribution in [3.8, 4) is 0 Å². The Labute approximate surface area is 155 Å². The molecule has 2 heterocycles. The first-order valence-electron chi connectivity index (χ1n) is 9.55. The number of carbonyl (C=O) groups excluding carboxylic acids is 1. The van der Waals surface area contributed by atoms with Gasteiger partial charge in [0.1, 0.15) is 0 Å². The van der Waals surface area contributed by atoms with Crippen LogP contribution >= 0.6 is 11.8 Å². The van der Waals surface area contributed by atoms with Crippen molar-refractivity contribution in [1.82, 2.24) is 9.80 Å². The Bertz CT molecular complexity index is 532. The number of amides is 1. The van der Waals surface area contributed by atoms with Crippen LogP contribution < -0.4 is 0 Å². The number of hydrogen-bond acceptors (Lipinski definition) is 4. The highest BCUT2D eigenvalue weighted by Crippen LogP contribution is 2.27. The summed E-state index contributed by atoms with van der Waals surface area (Å²) in [5.74, 6) is 1.33. The second-order valence-electron chi connectivity index (χ2n) is 7.32. The minimum Gasteiger partial charge on any atom is -0.396 e. The Morgan fingerprint density at radius 2 is 1.72 bits per heavy atom. The van der Waals surface area contributed by atoms with Crippen molar-refractivity contribution in [2.24, 2.45) is 11.8 Å². The summed E-state index contributed by atoms with van der Waals surface area (Å²) >= 11 is 1.60. The fourth-order valence-electron chi connectivity index (χ4n) is 3.96. The van der Waals surface area contributed by atoms with Gasteiger partial charge in [-0.05, 0) is 44.0 Å². The lowest BCUT2D eigenvalue weighted by Gasteiger charge is -2.26. The van der Waals surface area contributed by atoms with Crippen molar-refractivity contribution < 1.29 is 9.90 Å². The first kappa shape index (κ1) is 18.7. The molecule has 0 bridgehead atoms. The lowest BCUT2D eigenvalue weighted by atomic mass is 9.96. The van der Waals surface area contributed by atoms with Crippen LogP contribution in [-0.2, 0) is 4.79 Å². The van der Waals surface area contributed by atoms with Gasteiger partial charge in [-0.1, -0.05) is 31.0 Å². The Morgan fingerprint density at radius 3 is 2.40 bits per heavy atom. The van der Waals surface area contributed by atoms with Crippen molar-refractivity contribution in [2.75, 3.05) is 45.1 Å². The summed E-state index contributed by atoms with van der Waals surface area (Å²) in [4.78, 5) is 18.2. The lowest BCUT2D eigenvalue weighted by molar-refractivity contribution is -0.127. The summed E-state index contributed by atoms with van der Waals surface area (Å²) in [5.41, 5.74) is 0. The number of nitrogens with zero attached hydrogens (tertiary/aromatic N) is 2. The van der Waals surface area contributed by atoms with E-state index >= 15 is 0 Å². The molecule has 25 heavy (non-hydrogen) atoms. The molecule has 0 radical (unpaired) electrons. The van der Waals surface area contributed by atoms with Gasteiger partial charge >= 0.3 is 0 Å². The number of thioether (sulfide) groups is 1. The molecule has 138 valence electrons. The number of aliphatic hydroxyl groups is 1. The fourth-order valence-corrected chi connectivity index (χ4v) is 4.78. The SMILES string of the molecule is O=C(CSc1ccccc1)N1C[C@@H](CN2CCCCCC2)[C@@H](CO)C1. The van der Waals surface area contributed by atoms with Crippen molar-refractivity contribution in [1.29, 1.82) is 0 Å². The Balaban J connectivity index is 1.50. The van der Waals surface area contributed by atoms with Crippen LogP contribution in [0.15, 0.2) is 35.2 Å². The van der Waals surface area contributed by atoms with E-state index in [-0.39, 0.29) is 18.4 Å². The lowest BCUT2D eigenvalue weighted by Crippen LogP contribution is -2.35. The molecule has 1 N–H and O–H groups in total. The van der Waals surface area contributed by atoms with Crippen LogP contribution in [0.5, 0.6) is 0 Å². The van der Waals surface area contributed by atoms with E-state index in [1.807, 2.05) is 35.2 Å². The van der Waals surface area contributed by atoms with Gasteiger partial charge in [-0.15, -0.1) is 11.8 Å². The highest BCUT2D eigenvalue weighted by molar-refractivity contribution is 8.00. The van der Waals surface area contributed by atoms with E-state index in [0.717, 1.165) is 18.0 Å². The van der Waals surface area contributed by atoms with E-state index in [9.17, 15) is 9.90 Å². The van der Waals surface area contributed by atoms with Gasteiger partial charge in [0.05, 0.1) is 5.75 Å². The molecule has 2 saturated heterocycles. The molecule has 0 aromatic heterocycles. The molecule has 0 spiro atoms. The summed E-state index contributed by atoms with van der Waals surface area (Å²) < 4.78 is 0. The number of hydrogen-bond donors (Lipinski definition) is 1. The van der Waals surface area contributed by atoms with E-state index in [4.69, 9.17) is 0 Å². The predicted molar refractivity (Wildman–Crippen MR) is 103 cm³/mol. The molecule has 1 aromatic rings. The molecule has 3 rings (SSSR count). The van der Waals surface area contributed by atoms with Crippen LogP contribution in [-0.4, -0.2) is 65.9 Å². The number of benzene rings is 1. The van der Waals surface area contributed by atoms with Crippen LogP contribution in [0.4, 0.5) is 0 Å². The third-order valence-electron chi connectivity index (χ3n) is 5.46. The van der Waals surface area contributed by atoms with Crippen LogP contribution in [0.2, 0.25) is 0 Å². The zero-order chi connectivity index (χ0) is 17.5. The standard InChI is InChI=1S/C20H30N2O2S/c23-15-18-14-22(20(24)16-25-19-8-4-3-5-9-19)13-17(18)12-21-10-6-1-2-7-11-21/h3-5,8-9,17-18,23H,1-2,6-7,10-16H2/t17-,18-/m1/s1. The van der Waals surface area contributed by atoms with Gasteiger partial charge in [-0.3, -0.25) is 4.79 Å². The smallest absolute Gasteiger partial charge is 0.232 e. The van der Waals surface area contributed by atoms with Crippen molar-refractivity contribution >= 4 is 17.7 Å². The van der Waals surface area contributed by atoms with E-state index in [1.165, 1.54) is 38.8 Å². The molecule has 5 heteroatoms. The van der Waals surface area contributed by atoms with E-state index in [0.29, 0.717) is 18.2 Å². The molecular weight excluding hydrogens is 332 g/mol. The monoisotopic (exact) mass is 362 g/mol. The number of aliphatic hydroxyl groups excluding tert-OH is 1.